The second-order valence-corrected chi connectivity index (χ2v) is 8.55. The number of nitrogens with one attached hydrogen (secondary N) is 1. The number of fused-ring (bicyclic) bond motifs is 2. The van der Waals surface area contributed by atoms with Crippen molar-refractivity contribution in [3.63, 3.8) is 0 Å². The molecule has 1 saturated carbocycles. The van der Waals surface area contributed by atoms with Gasteiger partial charge in [-0.25, -0.2) is 9.50 Å². The fraction of sp³-hybridized carbons (Fsp3) is 0.391. The number of carbonyl (C=O) groups excluding carboxylic acids is 1. The zero-order valence-corrected chi connectivity index (χ0v) is 18.5. The maximum atomic E-state index is 13.1. The van der Waals surface area contributed by atoms with Crippen LogP contribution in [0.1, 0.15) is 42.1 Å². The van der Waals surface area contributed by atoms with Gasteiger partial charge in [-0.2, -0.15) is 10.2 Å². The molecule has 0 radical (unpaired) electrons. The van der Waals surface area contributed by atoms with E-state index in [-0.39, 0.29) is 5.91 Å². The van der Waals surface area contributed by atoms with Crippen molar-refractivity contribution < 1.29 is 9.53 Å². The van der Waals surface area contributed by atoms with Gasteiger partial charge < -0.3 is 15.0 Å². The van der Waals surface area contributed by atoms with Gasteiger partial charge in [-0.1, -0.05) is 0 Å². The molecule has 1 aliphatic carbocycles. The van der Waals surface area contributed by atoms with E-state index in [2.05, 4.69) is 39.1 Å². The summed E-state index contributed by atoms with van der Waals surface area (Å²) in [4.78, 5) is 19.7. The van der Waals surface area contributed by atoms with Crippen molar-refractivity contribution in [3.05, 3.63) is 48.5 Å². The molecule has 0 atom stereocenters. The smallest absolute Gasteiger partial charge is 0.259 e. The zero-order chi connectivity index (χ0) is 22.2. The minimum absolute atomic E-state index is 0.274. The Morgan fingerprint density at radius 2 is 2.03 bits per heavy atom. The van der Waals surface area contributed by atoms with E-state index in [1.807, 2.05) is 18.3 Å². The van der Waals surface area contributed by atoms with E-state index in [1.165, 1.54) is 12.8 Å². The lowest BCUT2D eigenvalue weighted by Gasteiger charge is -2.32. The van der Waals surface area contributed by atoms with Gasteiger partial charge >= 0.3 is 0 Å². The average molecular weight is 434 g/mol. The number of hydrogen-bond acceptors (Lipinski definition) is 6. The number of aromatic nitrogens is 5. The largest absolute Gasteiger partial charge is 0.496 e. The number of benzene rings is 1. The third kappa shape index (κ3) is 3.69. The Bertz CT molecular complexity index is 1270. The molecular formula is C23H27N7O2. The Labute approximate surface area is 186 Å². The predicted octanol–water partition coefficient (Wildman–Crippen LogP) is 3.39. The first kappa shape index (κ1) is 20.4. The van der Waals surface area contributed by atoms with E-state index >= 15 is 0 Å². The molecule has 3 heterocycles. The van der Waals surface area contributed by atoms with Gasteiger partial charge in [0.05, 0.1) is 30.4 Å². The molecule has 3 aromatic heterocycles. The van der Waals surface area contributed by atoms with E-state index in [9.17, 15) is 4.79 Å². The first-order valence-electron chi connectivity index (χ1n) is 10.9. The van der Waals surface area contributed by atoms with Crippen molar-refractivity contribution in [3.8, 4) is 5.75 Å². The summed E-state index contributed by atoms with van der Waals surface area (Å²) in [6.07, 6.45) is 11.6. The molecule has 5 rings (SSSR count). The van der Waals surface area contributed by atoms with Crippen molar-refractivity contribution in [2.45, 2.75) is 37.8 Å². The third-order valence-electron chi connectivity index (χ3n) is 6.39. The molecule has 0 bridgehead atoms. The summed E-state index contributed by atoms with van der Waals surface area (Å²) in [6.45, 7) is 0. The highest BCUT2D eigenvalue weighted by Crippen LogP contribution is 2.32. The molecule has 0 aliphatic heterocycles. The van der Waals surface area contributed by atoms with E-state index in [4.69, 9.17) is 9.84 Å². The molecule has 32 heavy (non-hydrogen) atoms. The summed E-state index contributed by atoms with van der Waals surface area (Å²) in [6, 6.07) is 6.48. The molecule has 1 N–H and O–H groups in total. The summed E-state index contributed by atoms with van der Waals surface area (Å²) >= 11 is 0. The standard InChI is InChI=1S/C23H27N7O2/c1-28(2)16-5-7-17(8-6-16)30-14-15-11-18(21(32-3)12-19(15)27-30)23(31)26-20-13-25-29-10-4-9-24-22(20)29/h4,9-14,16-17H,5-8H2,1-3H3,(H,26,31). The second kappa shape index (κ2) is 8.23. The third-order valence-corrected chi connectivity index (χ3v) is 6.39. The number of hydrogen-bond donors (Lipinski definition) is 1. The zero-order valence-electron chi connectivity index (χ0n) is 18.5. The van der Waals surface area contributed by atoms with Crippen LogP contribution in [0, 0.1) is 0 Å². The van der Waals surface area contributed by atoms with Crippen LogP contribution in [0.25, 0.3) is 16.6 Å². The fourth-order valence-electron chi connectivity index (χ4n) is 4.55. The van der Waals surface area contributed by atoms with Gasteiger partial charge in [0.1, 0.15) is 11.4 Å². The molecule has 9 nitrogen and oxygen atoms in total. The Balaban J connectivity index is 1.41. The average Bonchev–Trinajstić information content (AvgIpc) is 3.42. The first-order valence-corrected chi connectivity index (χ1v) is 10.9. The molecular weight excluding hydrogens is 406 g/mol. The van der Waals surface area contributed by atoms with Gasteiger partial charge in [-0.15, -0.1) is 0 Å². The van der Waals surface area contributed by atoms with Crippen LogP contribution in [0.4, 0.5) is 5.69 Å². The molecule has 9 heteroatoms. The lowest BCUT2D eigenvalue weighted by molar-refractivity contribution is 0.102. The van der Waals surface area contributed by atoms with Gasteiger partial charge in [0.25, 0.3) is 5.91 Å². The number of carbonyl (C=O) groups is 1. The molecule has 0 spiro atoms. The Morgan fingerprint density at radius 3 is 2.78 bits per heavy atom. The molecule has 1 aliphatic rings. The van der Waals surface area contributed by atoms with Gasteiger partial charge in [0.15, 0.2) is 5.65 Å². The minimum atomic E-state index is -0.274. The van der Waals surface area contributed by atoms with E-state index in [0.717, 1.165) is 23.7 Å². The number of methoxy groups -OCH3 is 1. The molecule has 1 aromatic carbocycles. The van der Waals surface area contributed by atoms with Crippen LogP contribution in [0.5, 0.6) is 5.75 Å². The monoisotopic (exact) mass is 433 g/mol. The Hall–Kier alpha value is -3.46. The Morgan fingerprint density at radius 1 is 1.22 bits per heavy atom. The van der Waals surface area contributed by atoms with Crippen LogP contribution in [0.3, 0.4) is 0 Å². The van der Waals surface area contributed by atoms with E-state index < -0.39 is 0 Å². The van der Waals surface area contributed by atoms with Gasteiger partial charge in [0.2, 0.25) is 0 Å². The lowest BCUT2D eigenvalue weighted by Crippen LogP contribution is -2.32. The van der Waals surface area contributed by atoms with Crippen LogP contribution in [-0.2, 0) is 0 Å². The van der Waals surface area contributed by atoms with Gasteiger partial charge in [-0.3, -0.25) is 9.48 Å². The quantitative estimate of drug-likeness (QED) is 0.519. The number of rotatable bonds is 5. The maximum Gasteiger partial charge on any atom is 0.259 e. The first-order chi connectivity index (χ1) is 15.5. The van der Waals surface area contributed by atoms with Crippen molar-refractivity contribution >= 4 is 28.1 Å². The molecule has 0 saturated heterocycles. The van der Waals surface area contributed by atoms with Gasteiger partial charge in [0, 0.05) is 36.1 Å². The molecule has 0 unspecified atom stereocenters. The van der Waals surface area contributed by atoms with Crippen LogP contribution >= 0.6 is 0 Å². The SMILES string of the molecule is COc1cc2nn(C3CCC(N(C)C)CC3)cc2cc1C(=O)Nc1cnn2cccnc12. The number of ether oxygens (including phenoxy) is 1. The lowest BCUT2D eigenvalue weighted by atomic mass is 9.91. The maximum absolute atomic E-state index is 13.1. The molecule has 4 aromatic rings. The molecule has 166 valence electrons. The van der Waals surface area contributed by atoms with Crippen LogP contribution in [-0.4, -0.2) is 62.4 Å². The van der Waals surface area contributed by atoms with Gasteiger partial charge in [-0.05, 0) is 51.9 Å². The van der Waals surface area contributed by atoms with Crippen LogP contribution < -0.4 is 10.1 Å². The normalized spacial score (nSPS) is 19.0. The van der Waals surface area contributed by atoms with Crippen molar-refractivity contribution in [2.24, 2.45) is 0 Å². The van der Waals surface area contributed by atoms with E-state index in [0.29, 0.717) is 34.7 Å². The summed E-state index contributed by atoms with van der Waals surface area (Å²) in [5.41, 5.74) is 2.41. The predicted molar refractivity (Wildman–Crippen MR) is 122 cm³/mol. The summed E-state index contributed by atoms with van der Waals surface area (Å²) in [7, 11) is 5.86. The van der Waals surface area contributed by atoms with Crippen molar-refractivity contribution in [1.82, 2.24) is 29.3 Å². The van der Waals surface area contributed by atoms with Crippen LogP contribution in [0.2, 0.25) is 0 Å². The highest BCUT2D eigenvalue weighted by atomic mass is 16.5. The highest BCUT2D eigenvalue weighted by molar-refractivity contribution is 6.09. The molecule has 1 amide bonds. The minimum Gasteiger partial charge on any atom is -0.496 e. The van der Waals surface area contributed by atoms with Crippen molar-refractivity contribution in [2.75, 3.05) is 26.5 Å². The van der Waals surface area contributed by atoms with Crippen LogP contribution in [0.15, 0.2) is 43.0 Å². The summed E-state index contributed by atoms with van der Waals surface area (Å²) in [5, 5.41) is 12.9. The second-order valence-electron chi connectivity index (χ2n) is 8.55. The summed E-state index contributed by atoms with van der Waals surface area (Å²) < 4.78 is 9.20. The fourth-order valence-corrected chi connectivity index (χ4v) is 4.55. The number of amides is 1. The topological polar surface area (TPSA) is 89.6 Å². The molecule has 1 fully saturated rings. The Kier molecular flexibility index (Phi) is 5.26. The summed E-state index contributed by atoms with van der Waals surface area (Å²) in [5.74, 6) is 0.213. The highest BCUT2D eigenvalue weighted by Gasteiger charge is 2.25. The van der Waals surface area contributed by atoms with Crippen molar-refractivity contribution in [1.29, 1.82) is 0 Å². The number of anilines is 1. The number of nitrogens with zero attached hydrogens (tertiary/aromatic N) is 6. The van der Waals surface area contributed by atoms with E-state index in [1.54, 1.807) is 36.3 Å².